The van der Waals surface area contributed by atoms with Gasteiger partial charge in [0.1, 0.15) is 17.4 Å². The van der Waals surface area contributed by atoms with Crippen molar-refractivity contribution in [3.63, 3.8) is 0 Å². The Bertz CT molecular complexity index is 479. The van der Waals surface area contributed by atoms with Crippen LogP contribution in [0.5, 0.6) is 5.75 Å². The molecule has 1 heterocycles. The average molecular weight is 207 g/mol. The van der Waals surface area contributed by atoms with Crippen LogP contribution in [0.15, 0.2) is 36.7 Å². The molecule has 2 aromatic rings. The second kappa shape index (κ2) is 3.65. The first-order chi connectivity index (χ1) is 7.15. The first-order valence-electron chi connectivity index (χ1n) is 4.25. The molecule has 0 saturated heterocycles. The minimum Gasteiger partial charge on any atom is -0.508 e. The van der Waals surface area contributed by atoms with E-state index < -0.39 is 11.6 Å². The van der Waals surface area contributed by atoms with Crippen LogP contribution < -0.4 is 0 Å². The van der Waals surface area contributed by atoms with Gasteiger partial charge in [-0.1, -0.05) is 0 Å². The summed E-state index contributed by atoms with van der Waals surface area (Å²) < 4.78 is 25.8. The summed E-state index contributed by atoms with van der Waals surface area (Å²) in [5, 5.41) is 9.17. The van der Waals surface area contributed by atoms with Crippen LogP contribution in [0.3, 0.4) is 0 Å². The molecule has 0 bridgehead atoms. The summed E-state index contributed by atoms with van der Waals surface area (Å²) in [5.41, 5.74) is 0.810. The van der Waals surface area contributed by atoms with Gasteiger partial charge in [0.2, 0.25) is 0 Å². The van der Waals surface area contributed by atoms with Crippen molar-refractivity contribution in [2.24, 2.45) is 0 Å². The van der Waals surface area contributed by atoms with Gasteiger partial charge < -0.3 is 5.11 Å². The van der Waals surface area contributed by atoms with Crippen LogP contribution in [-0.2, 0) is 0 Å². The molecule has 0 fully saturated rings. The van der Waals surface area contributed by atoms with Crippen LogP contribution >= 0.6 is 0 Å². The van der Waals surface area contributed by atoms with Gasteiger partial charge in [-0.05, 0) is 23.8 Å². The average Bonchev–Trinajstić information content (AvgIpc) is 2.16. The fourth-order valence-electron chi connectivity index (χ4n) is 1.31. The summed E-state index contributed by atoms with van der Waals surface area (Å²) in [6, 6.07) is 4.76. The quantitative estimate of drug-likeness (QED) is 0.779. The molecular weight excluding hydrogens is 200 g/mol. The van der Waals surface area contributed by atoms with Crippen molar-refractivity contribution in [2.45, 2.75) is 0 Å². The Kier molecular flexibility index (Phi) is 2.33. The molecule has 1 N–H and O–H groups in total. The third-order valence-corrected chi connectivity index (χ3v) is 1.92. The second-order valence-electron chi connectivity index (χ2n) is 3.09. The first-order valence-corrected chi connectivity index (χ1v) is 4.25. The summed E-state index contributed by atoms with van der Waals surface area (Å²) in [7, 11) is 0. The van der Waals surface area contributed by atoms with E-state index in [2.05, 4.69) is 4.98 Å². The molecule has 1 aromatic carbocycles. The van der Waals surface area contributed by atoms with Crippen LogP contribution in [0, 0.1) is 11.6 Å². The van der Waals surface area contributed by atoms with Crippen molar-refractivity contribution in [2.75, 3.05) is 0 Å². The van der Waals surface area contributed by atoms with Crippen molar-refractivity contribution in [3.8, 4) is 16.9 Å². The van der Waals surface area contributed by atoms with Crippen LogP contribution in [0.4, 0.5) is 8.78 Å². The van der Waals surface area contributed by atoms with E-state index in [1.165, 1.54) is 24.4 Å². The van der Waals surface area contributed by atoms with E-state index in [1.54, 1.807) is 0 Å². The van der Waals surface area contributed by atoms with E-state index in [1.807, 2.05) is 0 Å². The Morgan fingerprint density at radius 3 is 2.27 bits per heavy atom. The number of aromatic nitrogens is 1. The zero-order valence-corrected chi connectivity index (χ0v) is 7.61. The maximum absolute atomic E-state index is 12.9. The molecule has 0 aliphatic rings. The molecule has 0 aliphatic heterocycles. The van der Waals surface area contributed by atoms with Gasteiger partial charge in [0, 0.05) is 17.8 Å². The third-order valence-electron chi connectivity index (χ3n) is 1.92. The molecule has 0 saturated carbocycles. The maximum atomic E-state index is 12.9. The second-order valence-corrected chi connectivity index (χ2v) is 3.09. The monoisotopic (exact) mass is 207 g/mol. The normalized spacial score (nSPS) is 10.3. The molecule has 0 radical (unpaired) electrons. The Morgan fingerprint density at radius 2 is 1.60 bits per heavy atom. The molecule has 0 aliphatic carbocycles. The van der Waals surface area contributed by atoms with Crippen molar-refractivity contribution in [1.29, 1.82) is 0 Å². The smallest absolute Gasteiger partial charge is 0.142 e. The fraction of sp³-hybridized carbons (Fsp3) is 0. The number of hydrogen-bond acceptors (Lipinski definition) is 2. The largest absolute Gasteiger partial charge is 0.508 e. The highest BCUT2D eigenvalue weighted by molar-refractivity contribution is 5.64. The highest BCUT2D eigenvalue weighted by atomic mass is 19.1. The maximum Gasteiger partial charge on any atom is 0.142 e. The molecule has 0 unspecified atom stereocenters. The van der Waals surface area contributed by atoms with Gasteiger partial charge in [-0.25, -0.2) is 8.78 Å². The number of benzene rings is 1. The number of hydrogen-bond donors (Lipinski definition) is 1. The van der Waals surface area contributed by atoms with Gasteiger partial charge in [-0.3, -0.25) is 4.98 Å². The van der Waals surface area contributed by atoms with E-state index in [0.717, 1.165) is 12.3 Å². The van der Waals surface area contributed by atoms with Crippen molar-refractivity contribution < 1.29 is 13.9 Å². The topological polar surface area (TPSA) is 33.1 Å². The minimum absolute atomic E-state index is 0.200. The van der Waals surface area contributed by atoms with E-state index in [0.29, 0.717) is 11.1 Å². The molecule has 4 heteroatoms. The predicted octanol–water partition coefficient (Wildman–Crippen LogP) is 2.73. The van der Waals surface area contributed by atoms with Crippen molar-refractivity contribution in [1.82, 2.24) is 4.98 Å². The predicted molar refractivity (Wildman–Crippen MR) is 51.3 cm³/mol. The SMILES string of the molecule is Oc1cc(F)cc(-c2cncc(F)c2)c1. The summed E-state index contributed by atoms with van der Waals surface area (Å²) in [6.07, 6.45) is 2.46. The van der Waals surface area contributed by atoms with Crippen LogP contribution in [0.25, 0.3) is 11.1 Å². The van der Waals surface area contributed by atoms with E-state index in [-0.39, 0.29) is 5.75 Å². The Morgan fingerprint density at radius 1 is 0.867 bits per heavy atom. The molecular formula is C11H7F2NO. The van der Waals surface area contributed by atoms with Gasteiger partial charge in [0.05, 0.1) is 6.20 Å². The lowest BCUT2D eigenvalue weighted by Crippen LogP contribution is -1.84. The molecule has 0 spiro atoms. The lowest BCUT2D eigenvalue weighted by atomic mass is 10.1. The third kappa shape index (κ3) is 2.10. The highest BCUT2D eigenvalue weighted by Gasteiger charge is 2.03. The zero-order chi connectivity index (χ0) is 10.8. The van der Waals surface area contributed by atoms with E-state index in [9.17, 15) is 13.9 Å². The lowest BCUT2D eigenvalue weighted by molar-refractivity contribution is 0.469. The summed E-state index contributed by atoms with van der Waals surface area (Å²) >= 11 is 0. The molecule has 0 amide bonds. The van der Waals surface area contributed by atoms with Gasteiger partial charge in [0.25, 0.3) is 0 Å². The highest BCUT2D eigenvalue weighted by Crippen LogP contribution is 2.24. The molecule has 2 rings (SSSR count). The van der Waals surface area contributed by atoms with E-state index in [4.69, 9.17) is 0 Å². The first kappa shape index (κ1) is 9.58. The number of nitrogens with zero attached hydrogens (tertiary/aromatic N) is 1. The number of pyridine rings is 1. The zero-order valence-electron chi connectivity index (χ0n) is 7.61. The van der Waals surface area contributed by atoms with Crippen LogP contribution in [0.2, 0.25) is 0 Å². The molecule has 2 nitrogen and oxygen atoms in total. The molecule has 15 heavy (non-hydrogen) atoms. The van der Waals surface area contributed by atoms with Crippen LogP contribution in [0.1, 0.15) is 0 Å². The van der Waals surface area contributed by atoms with Gasteiger partial charge >= 0.3 is 0 Å². The van der Waals surface area contributed by atoms with E-state index >= 15 is 0 Å². The number of phenolic OH excluding ortho intramolecular Hbond substituents is 1. The number of halogens is 2. The minimum atomic E-state index is -0.575. The van der Waals surface area contributed by atoms with Crippen LogP contribution in [-0.4, -0.2) is 10.1 Å². The van der Waals surface area contributed by atoms with Crippen molar-refractivity contribution in [3.05, 3.63) is 48.3 Å². The fourth-order valence-corrected chi connectivity index (χ4v) is 1.31. The molecule has 76 valence electrons. The molecule has 1 aromatic heterocycles. The van der Waals surface area contributed by atoms with Gasteiger partial charge in [-0.2, -0.15) is 0 Å². The number of aromatic hydroxyl groups is 1. The summed E-state index contributed by atoms with van der Waals surface area (Å²) in [5.74, 6) is -1.28. The summed E-state index contributed by atoms with van der Waals surface area (Å²) in [6.45, 7) is 0. The van der Waals surface area contributed by atoms with Gasteiger partial charge in [0.15, 0.2) is 0 Å². The molecule has 0 atom stereocenters. The van der Waals surface area contributed by atoms with Gasteiger partial charge in [-0.15, -0.1) is 0 Å². The summed E-state index contributed by atoms with van der Waals surface area (Å²) in [4.78, 5) is 3.64. The Balaban J connectivity index is 2.54. The Hall–Kier alpha value is -1.97. The Labute approximate surface area is 84.8 Å². The number of phenols is 1. The number of rotatable bonds is 1. The van der Waals surface area contributed by atoms with Crippen molar-refractivity contribution >= 4 is 0 Å². The standard InChI is InChI=1S/C11H7F2NO/c12-9-1-7(3-11(15)4-9)8-2-10(13)6-14-5-8/h1-6,15H. The lowest BCUT2D eigenvalue weighted by Gasteiger charge is -2.02.